The van der Waals surface area contributed by atoms with Crippen LogP contribution in [0.4, 0.5) is 0 Å². The standard InChI is InChI=1S/C7H13NO6/c1-3-4(9)5(10)6(8(12)13)7(2,11)14-3/h3-6,9-11H,1-2H3/t3-,4-,5?,6-,7?/m0/s1. The third-order valence-corrected chi connectivity index (χ3v) is 2.35. The van der Waals surface area contributed by atoms with E-state index in [0.29, 0.717) is 0 Å². The van der Waals surface area contributed by atoms with Crippen molar-refractivity contribution in [2.45, 2.75) is 44.0 Å². The molecule has 7 heteroatoms. The van der Waals surface area contributed by atoms with Gasteiger partial charge in [0.1, 0.15) is 6.10 Å². The van der Waals surface area contributed by atoms with Crippen LogP contribution in [0.5, 0.6) is 0 Å². The monoisotopic (exact) mass is 207 g/mol. The Hall–Kier alpha value is -0.760. The zero-order valence-electron chi connectivity index (χ0n) is 7.82. The normalized spacial score (nSPS) is 48.9. The van der Waals surface area contributed by atoms with Crippen LogP contribution in [0.25, 0.3) is 0 Å². The van der Waals surface area contributed by atoms with E-state index >= 15 is 0 Å². The molecule has 0 spiro atoms. The molecule has 82 valence electrons. The zero-order chi connectivity index (χ0) is 11.1. The first-order chi connectivity index (χ1) is 6.27. The van der Waals surface area contributed by atoms with Gasteiger partial charge in [-0.3, -0.25) is 10.1 Å². The van der Waals surface area contributed by atoms with Gasteiger partial charge in [-0.2, -0.15) is 0 Å². The Labute approximate surface area is 80.1 Å². The van der Waals surface area contributed by atoms with E-state index in [4.69, 9.17) is 4.74 Å². The molecule has 1 heterocycles. The van der Waals surface area contributed by atoms with E-state index < -0.39 is 35.1 Å². The summed E-state index contributed by atoms with van der Waals surface area (Å²) in [5, 5.41) is 38.7. The topological polar surface area (TPSA) is 113 Å². The Morgan fingerprint density at radius 2 is 1.93 bits per heavy atom. The van der Waals surface area contributed by atoms with Crippen molar-refractivity contribution < 1.29 is 25.0 Å². The molecule has 0 aromatic heterocycles. The van der Waals surface area contributed by atoms with Gasteiger partial charge in [0.25, 0.3) is 6.04 Å². The molecule has 14 heavy (non-hydrogen) atoms. The largest absolute Gasteiger partial charge is 0.387 e. The van der Waals surface area contributed by atoms with Crippen LogP contribution in [0.3, 0.4) is 0 Å². The SMILES string of the molecule is C[C@@H]1OC(C)(O)[C@@H]([N+](=O)[O-])C(O)[C@H]1O. The van der Waals surface area contributed by atoms with Crippen LogP contribution in [0.2, 0.25) is 0 Å². The molecule has 0 saturated carbocycles. The fraction of sp³-hybridized carbons (Fsp3) is 1.00. The lowest BCUT2D eigenvalue weighted by Gasteiger charge is -2.40. The van der Waals surface area contributed by atoms with E-state index in [1.54, 1.807) is 0 Å². The number of ether oxygens (including phenoxy) is 1. The molecular formula is C7H13NO6. The van der Waals surface area contributed by atoms with Gasteiger partial charge in [0.15, 0.2) is 6.10 Å². The third-order valence-electron chi connectivity index (χ3n) is 2.35. The van der Waals surface area contributed by atoms with Crippen molar-refractivity contribution in [3.05, 3.63) is 10.1 Å². The molecule has 0 amide bonds. The summed E-state index contributed by atoms with van der Waals surface area (Å²) in [6.45, 7) is 2.50. The average Bonchev–Trinajstić information content (AvgIpc) is 1.98. The van der Waals surface area contributed by atoms with E-state index in [-0.39, 0.29) is 0 Å². The third kappa shape index (κ3) is 1.71. The van der Waals surface area contributed by atoms with Crippen LogP contribution in [-0.2, 0) is 4.74 Å². The molecule has 3 N–H and O–H groups in total. The Kier molecular flexibility index (Phi) is 2.77. The smallest absolute Gasteiger partial charge is 0.293 e. The molecular weight excluding hydrogens is 194 g/mol. The summed E-state index contributed by atoms with van der Waals surface area (Å²) >= 11 is 0. The molecule has 7 nitrogen and oxygen atoms in total. The van der Waals surface area contributed by atoms with Crippen LogP contribution in [0, 0.1) is 10.1 Å². The Morgan fingerprint density at radius 3 is 2.36 bits per heavy atom. The summed E-state index contributed by atoms with van der Waals surface area (Å²) in [5.41, 5.74) is 0. The van der Waals surface area contributed by atoms with Crippen molar-refractivity contribution in [2.24, 2.45) is 0 Å². The molecule has 0 aromatic rings. The molecule has 2 unspecified atom stereocenters. The summed E-state index contributed by atoms with van der Waals surface area (Å²) in [6.07, 6.45) is -3.86. The highest BCUT2D eigenvalue weighted by molar-refractivity contribution is 4.92. The minimum atomic E-state index is -2.07. The number of hydrogen-bond acceptors (Lipinski definition) is 6. The lowest BCUT2D eigenvalue weighted by atomic mass is 9.92. The number of rotatable bonds is 1. The van der Waals surface area contributed by atoms with Crippen molar-refractivity contribution in [1.82, 2.24) is 0 Å². The summed E-state index contributed by atoms with van der Waals surface area (Å²) in [7, 11) is 0. The van der Waals surface area contributed by atoms with Crippen molar-refractivity contribution in [3.8, 4) is 0 Å². The van der Waals surface area contributed by atoms with Gasteiger partial charge in [-0.15, -0.1) is 0 Å². The molecule has 0 bridgehead atoms. The summed E-state index contributed by atoms with van der Waals surface area (Å²) < 4.78 is 4.83. The number of nitro groups is 1. The molecule has 0 radical (unpaired) electrons. The highest BCUT2D eigenvalue weighted by Crippen LogP contribution is 2.29. The van der Waals surface area contributed by atoms with Crippen LogP contribution in [0.15, 0.2) is 0 Å². The number of hydrogen-bond donors (Lipinski definition) is 3. The summed E-state index contributed by atoms with van der Waals surface area (Å²) in [5.74, 6) is -2.07. The molecule has 1 fully saturated rings. The Balaban J connectivity index is 2.96. The van der Waals surface area contributed by atoms with Gasteiger partial charge in [0.05, 0.1) is 6.10 Å². The van der Waals surface area contributed by atoms with E-state index in [9.17, 15) is 25.4 Å². The number of aliphatic hydroxyl groups excluding tert-OH is 2. The first-order valence-corrected chi connectivity index (χ1v) is 4.17. The fourth-order valence-electron chi connectivity index (χ4n) is 1.62. The first kappa shape index (κ1) is 11.3. The van der Waals surface area contributed by atoms with E-state index in [1.807, 2.05) is 0 Å². The van der Waals surface area contributed by atoms with Crippen LogP contribution in [-0.4, -0.2) is 50.4 Å². The van der Waals surface area contributed by atoms with Gasteiger partial charge >= 0.3 is 0 Å². The van der Waals surface area contributed by atoms with Gasteiger partial charge in [0.2, 0.25) is 5.79 Å². The first-order valence-electron chi connectivity index (χ1n) is 4.17. The van der Waals surface area contributed by atoms with E-state index in [0.717, 1.165) is 6.92 Å². The Morgan fingerprint density at radius 1 is 1.43 bits per heavy atom. The van der Waals surface area contributed by atoms with Crippen LogP contribution in [0.1, 0.15) is 13.8 Å². The predicted octanol–water partition coefficient (Wildman–Crippen LogP) is -1.52. The van der Waals surface area contributed by atoms with Crippen molar-refractivity contribution in [3.63, 3.8) is 0 Å². The fourth-order valence-corrected chi connectivity index (χ4v) is 1.62. The second kappa shape index (κ2) is 3.43. The molecule has 1 aliphatic heterocycles. The highest BCUT2D eigenvalue weighted by atomic mass is 16.7. The second-order valence-electron chi connectivity index (χ2n) is 3.59. The summed E-state index contributed by atoms with van der Waals surface area (Å²) in [4.78, 5) is 9.67. The molecule has 1 rings (SSSR count). The minimum absolute atomic E-state index is 0.851. The maximum absolute atomic E-state index is 10.5. The molecule has 0 aliphatic carbocycles. The molecule has 0 aromatic carbocycles. The molecule has 1 saturated heterocycles. The maximum atomic E-state index is 10.5. The number of nitrogens with zero attached hydrogens (tertiary/aromatic N) is 1. The van der Waals surface area contributed by atoms with Crippen molar-refractivity contribution in [1.29, 1.82) is 0 Å². The maximum Gasteiger partial charge on any atom is 0.293 e. The lowest BCUT2D eigenvalue weighted by Crippen LogP contribution is -2.65. The molecule has 5 atom stereocenters. The zero-order valence-corrected chi connectivity index (χ0v) is 7.82. The van der Waals surface area contributed by atoms with Gasteiger partial charge in [0, 0.05) is 4.92 Å². The van der Waals surface area contributed by atoms with Gasteiger partial charge < -0.3 is 20.1 Å². The van der Waals surface area contributed by atoms with Crippen LogP contribution < -0.4 is 0 Å². The van der Waals surface area contributed by atoms with E-state index in [1.165, 1.54) is 6.92 Å². The van der Waals surface area contributed by atoms with Crippen LogP contribution >= 0.6 is 0 Å². The summed E-state index contributed by atoms with van der Waals surface area (Å²) in [6, 6.07) is -1.74. The minimum Gasteiger partial charge on any atom is -0.387 e. The second-order valence-corrected chi connectivity index (χ2v) is 3.59. The molecule has 1 aliphatic rings. The predicted molar refractivity (Wildman–Crippen MR) is 44.0 cm³/mol. The Bertz CT molecular complexity index is 242. The van der Waals surface area contributed by atoms with Crippen molar-refractivity contribution >= 4 is 0 Å². The quantitative estimate of drug-likeness (QED) is 0.355. The van der Waals surface area contributed by atoms with Gasteiger partial charge in [-0.25, -0.2) is 0 Å². The van der Waals surface area contributed by atoms with E-state index in [2.05, 4.69) is 0 Å². The van der Waals surface area contributed by atoms with Gasteiger partial charge in [-0.05, 0) is 13.8 Å². The highest BCUT2D eigenvalue weighted by Gasteiger charge is 2.56. The van der Waals surface area contributed by atoms with Gasteiger partial charge in [-0.1, -0.05) is 0 Å². The average molecular weight is 207 g/mol. The van der Waals surface area contributed by atoms with Crippen molar-refractivity contribution in [2.75, 3.05) is 0 Å². The lowest BCUT2D eigenvalue weighted by molar-refractivity contribution is -0.589. The number of aliphatic hydroxyl groups is 3.